The lowest BCUT2D eigenvalue weighted by molar-refractivity contribution is 0.0725. The summed E-state index contributed by atoms with van der Waals surface area (Å²) in [5, 5.41) is 0.562. The summed E-state index contributed by atoms with van der Waals surface area (Å²) >= 11 is 0. The average Bonchev–Trinajstić information content (AvgIpc) is 2.83. The third kappa shape index (κ3) is 4.87. The van der Waals surface area contributed by atoms with Crippen molar-refractivity contribution in [1.82, 2.24) is 4.90 Å². The molecular weight excluding hydrogens is 425 g/mol. The van der Waals surface area contributed by atoms with E-state index >= 15 is 0 Å². The number of fused-ring (bicyclic) bond motifs is 1. The topological polar surface area (TPSA) is 69.0 Å². The number of halogens is 1. The molecule has 1 amide bonds. The van der Waals surface area contributed by atoms with Gasteiger partial charge in [0.05, 0.1) is 14.2 Å². The second-order valence-electron chi connectivity index (χ2n) is 7.47. The smallest absolute Gasteiger partial charge is 0.349 e. The van der Waals surface area contributed by atoms with Gasteiger partial charge in [-0.15, -0.1) is 0 Å². The Morgan fingerprint density at radius 2 is 1.64 bits per heavy atom. The average molecular weight is 447 g/mol. The Labute approximate surface area is 189 Å². The van der Waals surface area contributed by atoms with E-state index in [1.807, 2.05) is 12.1 Å². The fourth-order valence-corrected chi connectivity index (χ4v) is 3.60. The lowest BCUT2D eigenvalue weighted by Gasteiger charge is -2.23. The van der Waals surface area contributed by atoms with E-state index in [1.54, 1.807) is 49.6 Å². The van der Waals surface area contributed by atoms with E-state index in [1.165, 1.54) is 30.2 Å². The summed E-state index contributed by atoms with van der Waals surface area (Å²) < 4.78 is 29.6. The van der Waals surface area contributed by atoms with Gasteiger partial charge in [0.15, 0.2) is 11.3 Å². The number of hydrogen-bond acceptors (Lipinski definition) is 5. The van der Waals surface area contributed by atoms with Crippen molar-refractivity contribution in [2.24, 2.45) is 0 Å². The number of carbonyl (C=O) groups is 1. The van der Waals surface area contributed by atoms with E-state index < -0.39 is 17.3 Å². The van der Waals surface area contributed by atoms with Gasteiger partial charge in [0.2, 0.25) is 0 Å². The van der Waals surface area contributed by atoms with Gasteiger partial charge in [0.25, 0.3) is 5.91 Å². The fraction of sp³-hybridized carbons (Fsp3) is 0.154. The first-order chi connectivity index (χ1) is 16.0. The molecule has 4 rings (SSSR count). The highest BCUT2D eigenvalue weighted by Crippen LogP contribution is 2.25. The predicted molar refractivity (Wildman–Crippen MR) is 122 cm³/mol. The molecule has 0 fully saturated rings. The third-order valence-corrected chi connectivity index (χ3v) is 5.26. The number of nitrogens with zero attached hydrogens (tertiary/aromatic N) is 1. The number of amides is 1. The van der Waals surface area contributed by atoms with Crippen molar-refractivity contribution in [3.63, 3.8) is 0 Å². The summed E-state index contributed by atoms with van der Waals surface area (Å²) in [6.45, 7) is 0.313. The van der Waals surface area contributed by atoms with Crippen molar-refractivity contribution in [3.8, 4) is 11.5 Å². The zero-order valence-electron chi connectivity index (χ0n) is 18.2. The van der Waals surface area contributed by atoms with Crippen LogP contribution in [0.15, 0.2) is 82.0 Å². The Bertz CT molecular complexity index is 1350. The summed E-state index contributed by atoms with van der Waals surface area (Å²) in [5.74, 6) is 0.166. The number of ether oxygens (including phenoxy) is 2. The van der Waals surface area contributed by atoms with E-state index in [9.17, 15) is 14.0 Å². The maximum atomic E-state index is 13.8. The fourth-order valence-electron chi connectivity index (χ4n) is 3.60. The van der Waals surface area contributed by atoms with Crippen LogP contribution in [0.3, 0.4) is 0 Å². The molecule has 1 aromatic heterocycles. The van der Waals surface area contributed by atoms with Crippen LogP contribution >= 0.6 is 0 Å². The molecule has 0 aliphatic heterocycles. The molecule has 0 bridgehead atoms. The van der Waals surface area contributed by atoms with Crippen LogP contribution in [0, 0.1) is 5.82 Å². The van der Waals surface area contributed by atoms with Crippen LogP contribution in [0.2, 0.25) is 0 Å². The number of carbonyl (C=O) groups excluding carboxylic acids is 1. The number of rotatable bonds is 7. The molecule has 0 N–H and O–H groups in total. The molecule has 0 unspecified atom stereocenters. The molecule has 3 aromatic carbocycles. The van der Waals surface area contributed by atoms with Crippen molar-refractivity contribution in [2.75, 3.05) is 14.2 Å². The zero-order valence-corrected chi connectivity index (χ0v) is 18.2. The number of methoxy groups -OCH3 is 2. The molecule has 6 nitrogen and oxygen atoms in total. The van der Waals surface area contributed by atoms with Gasteiger partial charge in [-0.1, -0.05) is 36.4 Å². The molecule has 7 heteroatoms. The minimum atomic E-state index is -0.768. The van der Waals surface area contributed by atoms with Gasteiger partial charge in [-0.05, 0) is 47.5 Å². The van der Waals surface area contributed by atoms with Crippen molar-refractivity contribution in [1.29, 1.82) is 0 Å². The van der Waals surface area contributed by atoms with Crippen LogP contribution in [-0.4, -0.2) is 25.0 Å². The van der Waals surface area contributed by atoms with E-state index in [-0.39, 0.29) is 24.2 Å². The van der Waals surface area contributed by atoms with E-state index in [0.29, 0.717) is 22.4 Å². The molecule has 0 radical (unpaired) electrons. The molecule has 0 saturated carbocycles. The van der Waals surface area contributed by atoms with E-state index in [0.717, 1.165) is 5.56 Å². The Morgan fingerprint density at radius 3 is 2.33 bits per heavy atom. The summed E-state index contributed by atoms with van der Waals surface area (Å²) in [4.78, 5) is 27.7. The molecule has 4 aromatic rings. The molecule has 0 saturated heterocycles. The maximum Gasteiger partial charge on any atom is 0.349 e. The predicted octanol–water partition coefficient (Wildman–Crippen LogP) is 4.79. The Kier molecular flexibility index (Phi) is 6.40. The van der Waals surface area contributed by atoms with Crippen molar-refractivity contribution in [3.05, 3.63) is 106 Å². The SMILES string of the molecule is COc1ccc(CN(Cc2cccc(F)c2)C(=O)c2cc3cccc(OC)c3oc2=O)cc1. The Balaban J connectivity index is 1.72. The molecule has 0 spiro atoms. The minimum absolute atomic E-state index is 0.109. The van der Waals surface area contributed by atoms with Gasteiger partial charge >= 0.3 is 5.63 Å². The summed E-state index contributed by atoms with van der Waals surface area (Å²) in [6.07, 6.45) is 0. The maximum absolute atomic E-state index is 13.8. The highest BCUT2D eigenvalue weighted by Gasteiger charge is 2.22. The van der Waals surface area contributed by atoms with Crippen LogP contribution in [0.25, 0.3) is 11.0 Å². The summed E-state index contributed by atoms with van der Waals surface area (Å²) in [7, 11) is 3.05. The lowest BCUT2D eigenvalue weighted by Crippen LogP contribution is -2.33. The monoisotopic (exact) mass is 447 g/mol. The quantitative estimate of drug-likeness (QED) is 0.381. The second kappa shape index (κ2) is 9.56. The summed E-state index contributed by atoms with van der Waals surface area (Å²) in [6, 6.07) is 19.9. The Morgan fingerprint density at radius 1 is 0.909 bits per heavy atom. The molecular formula is C26H22FNO5. The molecule has 1 heterocycles. The van der Waals surface area contributed by atoms with Gasteiger partial charge in [-0.3, -0.25) is 4.79 Å². The van der Waals surface area contributed by atoms with Crippen LogP contribution < -0.4 is 15.1 Å². The first-order valence-electron chi connectivity index (χ1n) is 10.3. The third-order valence-electron chi connectivity index (χ3n) is 5.26. The number of hydrogen-bond donors (Lipinski definition) is 0. The van der Waals surface area contributed by atoms with E-state index in [2.05, 4.69) is 0 Å². The van der Waals surface area contributed by atoms with Crippen molar-refractivity contribution >= 4 is 16.9 Å². The normalized spacial score (nSPS) is 10.8. The van der Waals surface area contributed by atoms with Crippen LogP contribution in [0.1, 0.15) is 21.5 Å². The molecule has 0 aliphatic rings. The van der Waals surface area contributed by atoms with Gasteiger partial charge in [0, 0.05) is 18.5 Å². The lowest BCUT2D eigenvalue weighted by atomic mass is 10.1. The zero-order chi connectivity index (χ0) is 23.4. The van der Waals surface area contributed by atoms with Crippen LogP contribution in [-0.2, 0) is 13.1 Å². The van der Waals surface area contributed by atoms with Gasteiger partial charge < -0.3 is 18.8 Å². The van der Waals surface area contributed by atoms with Gasteiger partial charge in [0.1, 0.15) is 17.1 Å². The standard InChI is InChI=1S/C26H22FNO5/c1-31-21-11-9-17(10-12-21)15-28(16-18-5-3-7-20(27)13-18)25(29)22-14-19-6-4-8-23(32-2)24(19)33-26(22)30/h3-14H,15-16H2,1-2H3. The second-order valence-corrected chi connectivity index (χ2v) is 7.47. The summed E-state index contributed by atoms with van der Waals surface area (Å²) in [5.41, 5.74) is 0.820. The Hall–Kier alpha value is -4.13. The number of benzene rings is 3. The highest BCUT2D eigenvalue weighted by atomic mass is 19.1. The van der Waals surface area contributed by atoms with Gasteiger partial charge in [-0.25, -0.2) is 9.18 Å². The van der Waals surface area contributed by atoms with Crippen molar-refractivity contribution < 1.29 is 23.1 Å². The van der Waals surface area contributed by atoms with Crippen molar-refractivity contribution in [2.45, 2.75) is 13.1 Å². The largest absolute Gasteiger partial charge is 0.497 e. The van der Waals surface area contributed by atoms with E-state index in [4.69, 9.17) is 13.9 Å². The number of para-hydroxylation sites is 1. The van der Waals surface area contributed by atoms with Crippen LogP contribution in [0.4, 0.5) is 4.39 Å². The minimum Gasteiger partial charge on any atom is -0.497 e. The molecule has 0 atom stereocenters. The first kappa shape index (κ1) is 22.1. The molecule has 168 valence electrons. The first-order valence-corrected chi connectivity index (χ1v) is 10.3. The molecule has 33 heavy (non-hydrogen) atoms. The van der Waals surface area contributed by atoms with Crippen LogP contribution in [0.5, 0.6) is 11.5 Å². The van der Waals surface area contributed by atoms with Gasteiger partial charge in [-0.2, -0.15) is 0 Å². The highest BCUT2D eigenvalue weighted by molar-refractivity contribution is 5.97. The molecule has 0 aliphatic carbocycles.